The van der Waals surface area contributed by atoms with Gasteiger partial charge in [0, 0.05) is 57.1 Å². The predicted octanol–water partition coefficient (Wildman–Crippen LogP) is 2.76. The van der Waals surface area contributed by atoms with Gasteiger partial charge in [-0.2, -0.15) is 0 Å². The van der Waals surface area contributed by atoms with E-state index in [2.05, 4.69) is 26.6 Å². The molecule has 52 heavy (non-hydrogen) atoms. The summed E-state index contributed by atoms with van der Waals surface area (Å²) >= 11 is 5.37. The summed E-state index contributed by atoms with van der Waals surface area (Å²) in [6, 6.07) is 13.5. The second-order valence-electron chi connectivity index (χ2n) is 14.8. The van der Waals surface area contributed by atoms with Crippen LogP contribution in [0.5, 0.6) is 0 Å². The molecule has 1 saturated heterocycles. The molecule has 0 spiro atoms. The van der Waals surface area contributed by atoms with E-state index in [9.17, 15) is 34.2 Å². The van der Waals surface area contributed by atoms with Crippen LogP contribution in [0.15, 0.2) is 54.6 Å². The Bertz CT molecular complexity index is 1530. The Morgan fingerprint density at radius 3 is 1.67 bits per heavy atom. The van der Waals surface area contributed by atoms with Crippen LogP contribution in [0, 0.1) is 11.3 Å². The minimum atomic E-state index is -1.23. The minimum Gasteiger partial charge on any atom is -0.480 e. The summed E-state index contributed by atoms with van der Waals surface area (Å²) in [5, 5.41) is 34.3. The van der Waals surface area contributed by atoms with Crippen molar-refractivity contribution in [3.05, 3.63) is 60.2 Å². The first kappa shape index (κ1) is 41.8. The molecule has 3 unspecified atom stereocenters. The Hall–Kier alpha value is -4.60. The fraction of sp³-hybridized carbons (Fsp3) is 0.514. The van der Waals surface area contributed by atoms with Crippen molar-refractivity contribution < 1.29 is 34.2 Å². The molecular weight excluding hydrogens is 687 g/mol. The van der Waals surface area contributed by atoms with Gasteiger partial charge in [0.25, 0.3) is 0 Å². The van der Waals surface area contributed by atoms with E-state index in [1.165, 1.54) is 0 Å². The van der Waals surface area contributed by atoms with E-state index in [0.717, 1.165) is 16.9 Å². The first-order valence-corrected chi connectivity index (χ1v) is 17.9. The zero-order valence-corrected chi connectivity index (χ0v) is 31.4. The van der Waals surface area contributed by atoms with Crippen molar-refractivity contribution in [2.45, 2.75) is 72.0 Å². The smallest absolute Gasteiger partial charge is 0.327 e. The minimum absolute atomic E-state index is 0.0184. The SMILES string of the molecule is CC(C)CC(NC(=O)Cc1ccc(NC(=S)Nc2ccccc2)cc1)C(=O)NC(CN1CCN(CC(NC(=O)CC(C)(C)C)C(=O)O)CC1)C(=O)O. The molecule has 1 fully saturated rings. The quantitative estimate of drug-likeness (QED) is 0.118. The van der Waals surface area contributed by atoms with Crippen molar-refractivity contribution >= 4 is 58.4 Å². The summed E-state index contributed by atoms with van der Waals surface area (Å²) < 4.78 is 0. The highest BCUT2D eigenvalue weighted by atomic mass is 32.1. The number of para-hydroxylation sites is 1. The van der Waals surface area contributed by atoms with Crippen molar-refractivity contribution in [2.75, 3.05) is 49.9 Å². The molecule has 3 atom stereocenters. The molecule has 3 rings (SSSR count). The molecule has 2 aromatic carbocycles. The highest BCUT2D eigenvalue weighted by Gasteiger charge is 2.31. The maximum atomic E-state index is 13.4. The van der Waals surface area contributed by atoms with Crippen molar-refractivity contribution in [3.8, 4) is 0 Å². The Morgan fingerprint density at radius 1 is 0.712 bits per heavy atom. The normalized spacial score (nSPS) is 15.5. The van der Waals surface area contributed by atoms with Crippen LogP contribution >= 0.6 is 12.2 Å². The summed E-state index contributed by atoms with van der Waals surface area (Å²) in [6.45, 7) is 11.5. The number of carbonyl (C=O) groups is 5. The molecule has 1 heterocycles. The van der Waals surface area contributed by atoms with Crippen LogP contribution < -0.4 is 26.6 Å². The number of anilines is 2. The maximum Gasteiger partial charge on any atom is 0.327 e. The number of thiocarbonyl (C=S) groups is 1. The van der Waals surface area contributed by atoms with Gasteiger partial charge in [-0.1, -0.05) is 65.0 Å². The van der Waals surface area contributed by atoms with Crippen molar-refractivity contribution in [2.24, 2.45) is 11.3 Å². The average molecular weight is 740 g/mol. The molecule has 14 nitrogen and oxygen atoms in total. The lowest BCUT2D eigenvalue weighted by atomic mass is 9.92. The van der Waals surface area contributed by atoms with Gasteiger partial charge in [-0.05, 0) is 59.8 Å². The summed E-state index contributed by atoms with van der Waals surface area (Å²) in [7, 11) is 0. The largest absolute Gasteiger partial charge is 0.480 e. The van der Waals surface area contributed by atoms with E-state index in [-0.39, 0.29) is 49.1 Å². The van der Waals surface area contributed by atoms with E-state index in [1.54, 1.807) is 24.3 Å². The highest BCUT2D eigenvalue weighted by Crippen LogP contribution is 2.18. The Morgan fingerprint density at radius 2 is 1.19 bits per heavy atom. The fourth-order valence-electron chi connectivity index (χ4n) is 5.70. The van der Waals surface area contributed by atoms with Crippen LogP contribution in [0.3, 0.4) is 0 Å². The van der Waals surface area contributed by atoms with Crippen molar-refractivity contribution in [1.29, 1.82) is 0 Å². The number of piperazine rings is 1. The molecule has 0 bridgehead atoms. The molecule has 1 aliphatic rings. The number of carboxylic acids is 2. The predicted molar refractivity (Wildman–Crippen MR) is 204 cm³/mol. The third kappa shape index (κ3) is 15.3. The number of hydrogen-bond donors (Lipinski definition) is 7. The number of carboxylic acid groups (broad SMARTS) is 2. The highest BCUT2D eigenvalue weighted by molar-refractivity contribution is 7.80. The molecule has 7 N–H and O–H groups in total. The molecule has 3 amide bonds. The number of rotatable bonds is 17. The van der Waals surface area contributed by atoms with Crippen molar-refractivity contribution in [3.63, 3.8) is 0 Å². The van der Waals surface area contributed by atoms with E-state index in [1.807, 2.05) is 74.8 Å². The fourth-order valence-corrected chi connectivity index (χ4v) is 5.93. The average Bonchev–Trinajstić information content (AvgIpc) is 3.04. The van der Waals surface area contributed by atoms with Gasteiger partial charge in [-0.25, -0.2) is 9.59 Å². The standard InChI is InChI=1S/C37H53N7O7S/c1-24(2)19-28(40-31(45)20-25-11-13-27(14-12-25)39-36(52)38-26-9-7-6-8-10-26)33(47)42-30(35(50)51)23-44-17-15-43(16-18-44)22-29(34(48)49)41-32(46)21-37(3,4)5/h6-14,24,28-30H,15-23H2,1-5H3,(H,40,45)(H,41,46)(H,42,47)(H,48,49)(H,50,51)(H2,38,39,52). The molecule has 0 aliphatic carbocycles. The van der Waals surface area contributed by atoms with Gasteiger partial charge in [0.1, 0.15) is 18.1 Å². The Kier molecular flexibility index (Phi) is 16.0. The van der Waals surface area contributed by atoms with Crippen LogP contribution in [0.25, 0.3) is 0 Å². The van der Waals surface area contributed by atoms with Crippen LogP contribution in [0.1, 0.15) is 53.0 Å². The lowest BCUT2D eigenvalue weighted by Crippen LogP contribution is -2.58. The summed E-state index contributed by atoms with van der Waals surface area (Å²) in [5.41, 5.74) is 2.03. The summed E-state index contributed by atoms with van der Waals surface area (Å²) in [6.07, 6.45) is 0.531. The van der Waals surface area contributed by atoms with E-state index < -0.39 is 36.0 Å². The van der Waals surface area contributed by atoms with E-state index in [0.29, 0.717) is 37.7 Å². The van der Waals surface area contributed by atoms with Gasteiger partial charge in [0.15, 0.2) is 5.11 Å². The monoisotopic (exact) mass is 739 g/mol. The van der Waals surface area contributed by atoms with Gasteiger partial charge >= 0.3 is 11.9 Å². The molecule has 284 valence electrons. The first-order chi connectivity index (χ1) is 24.5. The third-order valence-electron chi connectivity index (χ3n) is 8.25. The Balaban J connectivity index is 1.50. The molecule has 0 aromatic heterocycles. The number of aliphatic carboxylic acids is 2. The van der Waals surface area contributed by atoms with Crippen LogP contribution in [-0.2, 0) is 30.4 Å². The molecule has 15 heteroatoms. The molecular formula is C37H53N7O7S. The number of nitrogens with zero attached hydrogens (tertiary/aromatic N) is 2. The van der Waals surface area contributed by atoms with Gasteiger partial charge < -0.3 is 36.8 Å². The lowest BCUT2D eigenvalue weighted by Gasteiger charge is -2.37. The molecule has 0 saturated carbocycles. The maximum absolute atomic E-state index is 13.4. The van der Waals surface area contributed by atoms with Crippen LogP contribution in [0.2, 0.25) is 0 Å². The topological polar surface area (TPSA) is 192 Å². The van der Waals surface area contributed by atoms with Crippen LogP contribution in [-0.4, -0.2) is 112 Å². The molecule has 2 aromatic rings. The number of amides is 3. The number of carbonyl (C=O) groups excluding carboxylic acids is 3. The van der Waals surface area contributed by atoms with Gasteiger partial charge in [-0.3, -0.25) is 24.2 Å². The number of benzene rings is 2. The second-order valence-corrected chi connectivity index (χ2v) is 15.2. The van der Waals surface area contributed by atoms with Crippen molar-refractivity contribution in [1.82, 2.24) is 25.8 Å². The molecule has 1 aliphatic heterocycles. The molecule has 0 radical (unpaired) electrons. The van der Waals surface area contributed by atoms with E-state index in [4.69, 9.17) is 12.2 Å². The van der Waals surface area contributed by atoms with Crippen LogP contribution in [0.4, 0.5) is 11.4 Å². The first-order valence-electron chi connectivity index (χ1n) is 17.5. The summed E-state index contributed by atoms with van der Waals surface area (Å²) in [5.74, 6) is -3.57. The zero-order chi connectivity index (χ0) is 38.4. The number of nitrogens with one attached hydrogen (secondary N) is 5. The van der Waals surface area contributed by atoms with E-state index >= 15 is 0 Å². The van der Waals surface area contributed by atoms with Gasteiger partial charge in [-0.15, -0.1) is 0 Å². The Labute approximate surface area is 311 Å². The summed E-state index contributed by atoms with van der Waals surface area (Å²) in [4.78, 5) is 66.7. The third-order valence-corrected chi connectivity index (χ3v) is 8.46. The lowest BCUT2D eigenvalue weighted by molar-refractivity contribution is -0.143. The van der Waals surface area contributed by atoms with Gasteiger partial charge in [0.2, 0.25) is 17.7 Å². The second kappa shape index (κ2) is 19.9. The van der Waals surface area contributed by atoms with Gasteiger partial charge in [0.05, 0.1) is 6.42 Å². The zero-order valence-electron chi connectivity index (χ0n) is 30.6. The number of hydrogen-bond acceptors (Lipinski definition) is 8.